The third-order valence-corrected chi connectivity index (χ3v) is 5.01. The van der Waals surface area contributed by atoms with E-state index in [0.29, 0.717) is 17.7 Å². The molecule has 0 bridgehead atoms. The molecule has 108 valence electrons. The minimum atomic E-state index is 0.335. The van der Waals surface area contributed by atoms with Gasteiger partial charge in [0.05, 0.1) is 0 Å². The van der Waals surface area contributed by atoms with Crippen LogP contribution in [0.5, 0.6) is 0 Å². The number of carbonyl (C=O) groups excluding carboxylic acids is 1. The van der Waals surface area contributed by atoms with Crippen molar-refractivity contribution in [3.05, 3.63) is 35.9 Å². The molecule has 3 rings (SSSR count). The molecule has 0 radical (unpaired) electrons. The van der Waals surface area contributed by atoms with Gasteiger partial charge in [0.15, 0.2) is 0 Å². The molecule has 1 saturated heterocycles. The molecule has 20 heavy (non-hydrogen) atoms. The first-order valence-corrected chi connectivity index (χ1v) is 8.15. The number of benzene rings is 1. The van der Waals surface area contributed by atoms with Crippen molar-refractivity contribution in [3.63, 3.8) is 0 Å². The minimum absolute atomic E-state index is 0.335. The van der Waals surface area contributed by atoms with Crippen molar-refractivity contribution in [2.75, 3.05) is 13.1 Å². The number of ketones is 1. The first-order valence-electron chi connectivity index (χ1n) is 8.15. The van der Waals surface area contributed by atoms with Gasteiger partial charge in [-0.3, -0.25) is 9.69 Å². The molecule has 2 unspecified atom stereocenters. The molecular weight excluding hydrogens is 246 g/mol. The fraction of sp³-hybridized carbons (Fsp3) is 0.611. The first-order chi connectivity index (χ1) is 9.84. The van der Waals surface area contributed by atoms with Crippen molar-refractivity contribution in [1.29, 1.82) is 0 Å². The second kappa shape index (κ2) is 6.53. The molecule has 0 amide bonds. The molecule has 2 atom stereocenters. The van der Waals surface area contributed by atoms with E-state index in [-0.39, 0.29) is 0 Å². The van der Waals surface area contributed by atoms with Gasteiger partial charge in [0.1, 0.15) is 5.78 Å². The van der Waals surface area contributed by atoms with Crippen LogP contribution < -0.4 is 0 Å². The standard InChI is InChI=1S/C18H25NO/c20-18-11-5-4-9-16(18)17-10-6-13-19(17)14-12-15-7-2-1-3-8-15/h1-3,7-8,16-17H,4-6,9-14H2. The van der Waals surface area contributed by atoms with Gasteiger partial charge < -0.3 is 0 Å². The molecule has 2 aliphatic rings. The van der Waals surface area contributed by atoms with Crippen molar-refractivity contribution in [2.45, 2.75) is 51.0 Å². The lowest BCUT2D eigenvalue weighted by atomic mass is 9.82. The van der Waals surface area contributed by atoms with Crippen molar-refractivity contribution in [1.82, 2.24) is 4.90 Å². The zero-order valence-electron chi connectivity index (χ0n) is 12.3. The van der Waals surface area contributed by atoms with Gasteiger partial charge in [-0.15, -0.1) is 0 Å². The van der Waals surface area contributed by atoms with Crippen LogP contribution in [0.1, 0.15) is 44.1 Å². The van der Waals surface area contributed by atoms with E-state index in [9.17, 15) is 4.79 Å². The minimum Gasteiger partial charge on any atom is -0.299 e. The van der Waals surface area contributed by atoms with Gasteiger partial charge in [0, 0.05) is 24.9 Å². The summed E-state index contributed by atoms with van der Waals surface area (Å²) in [6, 6.07) is 11.2. The summed E-state index contributed by atoms with van der Waals surface area (Å²) < 4.78 is 0. The highest BCUT2D eigenvalue weighted by Gasteiger charge is 2.36. The fourth-order valence-corrected chi connectivity index (χ4v) is 3.92. The summed E-state index contributed by atoms with van der Waals surface area (Å²) in [6.07, 6.45) is 7.93. The molecule has 0 spiro atoms. The highest BCUT2D eigenvalue weighted by molar-refractivity contribution is 5.82. The number of hydrogen-bond donors (Lipinski definition) is 0. The van der Waals surface area contributed by atoms with Crippen molar-refractivity contribution in [2.24, 2.45) is 5.92 Å². The average Bonchev–Trinajstić information content (AvgIpc) is 2.95. The van der Waals surface area contributed by atoms with E-state index in [0.717, 1.165) is 32.2 Å². The zero-order valence-corrected chi connectivity index (χ0v) is 12.3. The third-order valence-electron chi connectivity index (χ3n) is 5.01. The van der Waals surface area contributed by atoms with Crippen LogP contribution in [0.2, 0.25) is 0 Å². The summed E-state index contributed by atoms with van der Waals surface area (Å²) in [5, 5.41) is 0. The Balaban J connectivity index is 1.59. The lowest BCUT2D eigenvalue weighted by Gasteiger charge is -2.33. The lowest BCUT2D eigenvalue weighted by Crippen LogP contribution is -2.41. The maximum absolute atomic E-state index is 12.2. The quantitative estimate of drug-likeness (QED) is 0.836. The van der Waals surface area contributed by atoms with Gasteiger partial charge in [0.25, 0.3) is 0 Å². The molecule has 1 aromatic rings. The van der Waals surface area contributed by atoms with Crippen LogP contribution in [0, 0.1) is 5.92 Å². The molecular formula is C18H25NO. The number of hydrogen-bond acceptors (Lipinski definition) is 2. The molecule has 2 fully saturated rings. The molecule has 0 N–H and O–H groups in total. The van der Waals surface area contributed by atoms with Crippen LogP contribution in [0.25, 0.3) is 0 Å². The van der Waals surface area contributed by atoms with Gasteiger partial charge in [0.2, 0.25) is 0 Å². The summed E-state index contributed by atoms with van der Waals surface area (Å²) in [4.78, 5) is 14.8. The first kappa shape index (κ1) is 13.8. The number of rotatable bonds is 4. The van der Waals surface area contributed by atoms with Crippen LogP contribution in [-0.2, 0) is 11.2 Å². The van der Waals surface area contributed by atoms with E-state index >= 15 is 0 Å². The number of carbonyl (C=O) groups is 1. The highest BCUT2D eigenvalue weighted by Crippen LogP contribution is 2.32. The van der Waals surface area contributed by atoms with E-state index in [1.807, 2.05) is 0 Å². The van der Waals surface area contributed by atoms with Crippen LogP contribution in [-0.4, -0.2) is 29.8 Å². The summed E-state index contributed by atoms with van der Waals surface area (Å²) in [5.74, 6) is 0.870. The Hall–Kier alpha value is -1.15. The van der Waals surface area contributed by atoms with Crippen LogP contribution >= 0.6 is 0 Å². The normalized spacial score (nSPS) is 27.9. The zero-order chi connectivity index (χ0) is 13.8. The van der Waals surface area contributed by atoms with Gasteiger partial charge in [-0.05, 0) is 44.2 Å². The lowest BCUT2D eigenvalue weighted by molar-refractivity contribution is -0.126. The van der Waals surface area contributed by atoms with Crippen molar-refractivity contribution < 1.29 is 4.79 Å². The van der Waals surface area contributed by atoms with E-state index in [1.165, 1.54) is 31.4 Å². The molecule has 2 nitrogen and oxygen atoms in total. The summed E-state index contributed by atoms with van der Waals surface area (Å²) in [7, 11) is 0. The maximum Gasteiger partial charge on any atom is 0.137 e. The Morgan fingerprint density at radius 2 is 1.90 bits per heavy atom. The summed E-state index contributed by atoms with van der Waals surface area (Å²) >= 11 is 0. The van der Waals surface area contributed by atoms with Gasteiger partial charge in [-0.1, -0.05) is 36.8 Å². The third kappa shape index (κ3) is 3.12. The topological polar surface area (TPSA) is 20.3 Å². The maximum atomic E-state index is 12.2. The Morgan fingerprint density at radius 1 is 1.05 bits per heavy atom. The van der Waals surface area contributed by atoms with Crippen molar-refractivity contribution >= 4 is 5.78 Å². The van der Waals surface area contributed by atoms with E-state index in [2.05, 4.69) is 35.2 Å². The van der Waals surface area contributed by atoms with Crippen LogP contribution in [0.3, 0.4) is 0 Å². The number of nitrogens with zero attached hydrogens (tertiary/aromatic N) is 1. The molecule has 1 aliphatic carbocycles. The molecule has 1 aromatic carbocycles. The summed E-state index contributed by atoms with van der Waals surface area (Å²) in [6.45, 7) is 2.29. The second-order valence-electron chi connectivity index (χ2n) is 6.30. The average molecular weight is 271 g/mol. The molecule has 2 heteroatoms. The van der Waals surface area contributed by atoms with Gasteiger partial charge in [-0.2, -0.15) is 0 Å². The van der Waals surface area contributed by atoms with E-state index in [1.54, 1.807) is 0 Å². The monoisotopic (exact) mass is 271 g/mol. The predicted molar refractivity (Wildman–Crippen MR) is 81.7 cm³/mol. The number of Topliss-reactive ketones (excluding diaryl/α,β-unsaturated/α-hetero) is 1. The molecule has 1 aliphatic heterocycles. The van der Waals surface area contributed by atoms with Gasteiger partial charge in [-0.25, -0.2) is 0 Å². The summed E-state index contributed by atoms with van der Waals surface area (Å²) in [5.41, 5.74) is 1.41. The van der Waals surface area contributed by atoms with Gasteiger partial charge >= 0.3 is 0 Å². The Morgan fingerprint density at radius 3 is 2.70 bits per heavy atom. The number of likely N-dealkylation sites (tertiary alicyclic amines) is 1. The fourth-order valence-electron chi connectivity index (χ4n) is 3.92. The Labute approximate surface area is 122 Å². The largest absolute Gasteiger partial charge is 0.299 e. The molecule has 1 saturated carbocycles. The Kier molecular flexibility index (Phi) is 4.51. The van der Waals surface area contributed by atoms with Crippen LogP contribution in [0.4, 0.5) is 0 Å². The predicted octanol–water partition coefficient (Wildman–Crippen LogP) is 3.45. The molecule has 0 aromatic heterocycles. The van der Waals surface area contributed by atoms with Crippen molar-refractivity contribution in [3.8, 4) is 0 Å². The molecule has 1 heterocycles. The second-order valence-corrected chi connectivity index (χ2v) is 6.30. The van der Waals surface area contributed by atoms with E-state index < -0.39 is 0 Å². The Bertz CT molecular complexity index is 442. The van der Waals surface area contributed by atoms with Crippen LogP contribution in [0.15, 0.2) is 30.3 Å². The van der Waals surface area contributed by atoms with E-state index in [4.69, 9.17) is 0 Å². The highest BCUT2D eigenvalue weighted by atomic mass is 16.1. The SMILES string of the molecule is O=C1CCCCC1C1CCCN1CCc1ccccc1. The smallest absolute Gasteiger partial charge is 0.137 e.